The van der Waals surface area contributed by atoms with E-state index < -0.39 is 0 Å². The summed E-state index contributed by atoms with van der Waals surface area (Å²) in [5, 5.41) is 10.0. The van der Waals surface area contributed by atoms with Gasteiger partial charge in [-0.25, -0.2) is 4.98 Å². The fourth-order valence-electron chi connectivity index (χ4n) is 1.76. The topological polar surface area (TPSA) is 67.4 Å². The van der Waals surface area contributed by atoms with Gasteiger partial charge in [0.2, 0.25) is 0 Å². The smallest absolute Gasteiger partial charge is 0.145 e. The molecule has 0 aliphatic heterocycles. The summed E-state index contributed by atoms with van der Waals surface area (Å²) in [6.45, 7) is 2.03. The van der Waals surface area contributed by atoms with Crippen molar-refractivity contribution in [1.82, 2.24) is 9.97 Å². The van der Waals surface area contributed by atoms with Gasteiger partial charge in [-0.05, 0) is 6.42 Å². The average Bonchev–Trinajstić information content (AvgIpc) is 2.85. The third-order valence-corrected chi connectivity index (χ3v) is 2.76. The van der Waals surface area contributed by atoms with E-state index in [2.05, 4.69) is 9.97 Å². The molecule has 2 rings (SSSR count). The highest BCUT2D eigenvalue weighted by Gasteiger charge is 2.16. The van der Waals surface area contributed by atoms with Crippen molar-refractivity contribution in [3.05, 3.63) is 24.0 Å². The van der Waals surface area contributed by atoms with Crippen LogP contribution < -0.4 is 9.47 Å². The Labute approximate surface area is 105 Å². The molecule has 0 radical (unpaired) electrons. The van der Waals surface area contributed by atoms with E-state index in [1.165, 1.54) is 13.2 Å². The highest BCUT2D eigenvalue weighted by molar-refractivity contribution is 5.73. The first-order valence-electron chi connectivity index (χ1n) is 5.68. The number of hydrogen-bond acceptors (Lipinski definition) is 4. The first kappa shape index (κ1) is 12.3. The molecule has 0 bridgehead atoms. The minimum absolute atomic E-state index is 0.0724. The predicted octanol–water partition coefficient (Wildman–Crippen LogP) is 2.36. The quantitative estimate of drug-likeness (QED) is 0.871. The van der Waals surface area contributed by atoms with Crippen molar-refractivity contribution in [1.29, 1.82) is 0 Å². The van der Waals surface area contributed by atoms with Crippen LogP contribution in [0.2, 0.25) is 0 Å². The van der Waals surface area contributed by atoms with Crippen molar-refractivity contribution in [3.8, 4) is 28.6 Å². The second-order valence-corrected chi connectivity index (χ2v) is 3.83. The van der Waals surface area contributed by atoms with Crippen LogP contribution in [0, 0.1) is 0 Å². The number of hydrogen-bond donors (Lipinski definition) is 2. The van der Waals surface area contributed by atoms with E-state index >= 15 is 0 Å². The number of aromatic nitrogens is 2. The highest BCUT2D eigenvalue weighted by Crippen LogP contribution is 2.39. The van der Waals surface area contributed by atoms with Gasteiger partial charge in [-0.15, -0.1) is 0 Å². The van der Waals surface area contributed by atoms with Crippen LogP contribution in [0.1, 0.15) is 12.6 Å². The van der Waals surface area contributed by atoms with E-state index in [1.54, 1.807) is 19.4 Å². The van der Waals surface area contributed by atoms with Crippen LogP contribution in [0.5, 0.6) is 17.2 Å². The molecule has 0 spiro atoms. The summed E-state index contributed by atoms with van der Waals surface area (Å²) in [5.41, 5.74) is 1.54. The van der Waals surface area contributed by atoms with E-state index in [0.29, 0.717) is 22.9 Å². The molecule has 5 heteroatoms. The maximum absolute atomic E-state index is 10.0. The van der Waals surface area contributed by atoms with Gasteiger partial charge in [0.05, 0.1) is 14.2 Å². The summed E-state index contributed by atoms with van der Waals surface area (Å²) in [4.78, 5) is 7.39. The minimum atomic E-state index is 0.0724. The third kappa shape index (κ3) is 2.11. The number of rotatable bonds is 4. The largest absolute Gasteiger partial charge is 0.507 e. The molecule has 0 saturated carbocycles. The van der Waals surface area contributed by atoms with Crippen LogP contribution in [0.4, 0.5) is 0 Å². The van der Waals surface area contributed by atoms with E-state index in [4.69, 9.17) is 9.47 Å². The fourth-order valence-corrected chi connectivity index (χ4v) is 1.76. The summed E-state index contributed by atoms with van der Waals surface area (Å²) >= 11 is 0. The fraction of sp³-hybridized carbons (Fsp3) is 0.308. The third-order valence-electron chi connectivity index (χ3n) is 2.76. The molecule has 96 valence electrons. The Hall–Kier alpha value is -2.17. The van der Waals surface area contributed by atoms with Gasteiger partial charge in [0.25, 0.3) is 0 Å². The molecule has 0 amide bonds. The molecule has 0 aliphatic rings. The molecule has 1 heterocycles. The average molecular weight is 248 g/mol. The number of nitrogens with one attached hydrogen (secondary N) is 1. The molecule has 0 unspecified atom stereocenters. The van der Waals surface area contributed by atoms with Crippen LogP contribution in [-0.4, -0.2) is 29.3 Å². The van der Waals surface area contributed by atoms with Crippen molar-refractivity contribution < 1.29 is 14.6 Å². The number of H-pyrrole nitrogens is 1. The number of benzene rings is 1. The Balaban J connectivity index is 2.55. The molecule has 5 nitrogen and oxygen atoms in total. The zero-order chi connectivity index (χ0) is 13.1. The number of methoxy groups -OCH3 is 2. The molecule has 0 fully saturated rings. The number of phenols is 1. The van der Waals surface area contributed by atoms with Crippen LogP contribution in [0.15, 0.2) is 18.3 Å². The zero-order valence-corrected chi connectivity index (χ0v) is 10.7. The molecule has 1 aromatic heterocycles. The lowest BCUT2D eigenvalue weighted by Gasteiger charge is -2.10. The first-order valence-corrected chi connectivity index (χ1v) is 5.68. The molecular weight excluding hydrogens is 232 g/mol. The van der Waals surface area contributed by atoms with Crippen LogP contribution >= 0.6 is 0 Å². The lowest BCUT2D eigenvalue weighted by Crippen LogP contribution is -1.92. The first-order chi connectivity index (χ1) is 8.69. The van der Waals surface area contributed by atoms with Gasteiger partial charge < -0.3 is 19.6 Å². The molecular formula is C13H16N2O3. The van der Waals surface area contributed by atoms with E-state index in [0.717, 1.165) is 12.1 Å². The number of aromatic amines is 1. The number of imidazole rings is 1. The number of aromatic hydroxyl groups is 1. The van der Waals surface area contributed by atoms with Crippen molar-refractivity contribution in [3.63, 3.8) is 0 Å². The predicted molar refractivity (Wildman–Crippen MR) is 68.2 cm³/mol. The van der Waals surface area contributed by atoms with Gasteiger partial charge >= 0.3 is 0 Å². The monoisotopic (exact) mass is 248 g/mol. The van der Waals surface area contributed by atoms with Gasteiger partial charge in [-0.1, -0.05) is 6.92 Å². The molecule has 2 aromatic rings. The van der Waals surface area contributed by atoms with E-state index in [9.17, 15) is 5.11 Å². The molecule has 0 saturated heterocycles. The number of aryl methyl sites for hydroxylation is 1. The van der Waals surface area contributed by atoms with Gasteiger partial charge in [0.1, 0.15) is 28.6 Å². The second-order valence-electron chi connectivity index (χ2n) is 3.83. The Morgan fingerprint density at radius 1 is 1.28 bits per heavy atom. The lowest BCUT2D eigenvalue weighted by molar-refractivity contribution is 0.386. The second kappa shape index (κ2) is 5.00. The maximum Gasteiger partial charge on any atom is 0.145 e. The van der Waals surface area contributed by atoms with E-state index in [-0.39, 0.29) is 5.75 Å². The highest BCUT2D eigenvalue weighted by atomic mass is 16.5. The van der Waals surface area contributed by atoms with Crippen LogP contribution in [0.3, 0.4) is 0 Å². The molecule has 2 N–H and O–H groups in total. The van der Waals surface area contributed by atoms with E-state index in [1.807, 2.05) is 6.92 Å². The summed E-state index contributed by atoms with van der Waals surface area (Å²) in [5.74, 6) is 1.71. The van der Waals surface area contributed by atoms with Gasteiger partial charge in [0.15, 0.2) is 0 Å². The van der Waals surface area contributed by atoms with Crippen molar-refractivity contribution in [2.24, 2.45) is 0 Å². The van der Waals surface area contributed by atoms with Gasteiger partial charge in [0, 0.05) is 24.0 Å². The molecule has 18 heavy (non-hydrogen) atoms. The lowest BCUT2D eigenvalue weighted by atomic mass is 10.1. The number of ether oxygens (including phenoxy) is 2. The Kier molecular flexibility index (Phi) is 3.41. The van der Waals surface area contributed by atoms with Crippen molar-refractivity contribution >= 4 is 0 Å². The maximum atomic E-state index is 10.0. The summed E-state index contributed by atoms with van der Waals surface area (Å²) in [6, 6.07) is 3.25. The number of nitrogens with zero attached hydrogens (tertiary/aromatic N) is 1. The Morgan fingerprint density at radius 3 is 2.61 bits per heavy atom. The van der Waals surface area contributed by atoms with Crippen LogP contribution in [-0.2, 0) is 6.42 Å². The minimum Gasteiger partial charge on any atom is -0.507 e. The summed E-state index contributed by atoms with van der Waals surface area (Å²) in [6.07, 6.45) is 2.60. The van der Waals surface area contributed by atoms with Crippen molar-refractivity contribution in [2.45, 2.75) is 13.3 Å². The van der Waals surface area contributed by atoms with Gasteiger partial charge in [-0.2, -0.15) is 0 Å². The van der Waals surface area contributed by atoms with Gasteiger partial charge in [-0.3, -0.25) is 0 Å². The summed E-state index contributed by atoms with van der Waals surface area (Å²) in [7, 11) is 3.08. The van der Waals surface area contributed by atoms with Crippen molar-refractivity contribution in [2.75, 3.05) is 14.2 Å². The Morgan fingerprint density at radius 2 is 2.06 bits per heavy atom. The Bertz CT molecular complexity index is 549. The zero-order valence-electron chi connectivity index (χ0n) is 10.7. The standard InChI is InChI=1S/C13H16N2O3/c1-4-8-7-14-13(15-8)12-10(16)5-9(17-2)6-11(12)18-3/h5-7,16H,4H2,1-3H3,(H,14,15). The number of phenolic OH excluding ortho intramolecular Hbond substituents is 1. The van der Waals surface area contributed by atoms with Crippen LogP contribution in [0.25, 0.3) is 11.4 Å². The normalized spacial score (nSPS) is 10.4. The summed E-state index contributed by atoms with van der Waals surface area (Å²) < 4.78 is 10.4. The molecule has 0 atom stereocenters. The molecule has 1 aromatic carbocycles. The SMILES string of the molecule is CCc1cnc(-c2c(O)cc(OC)cc2OC)[nH]1. The molecule has 0 aliphatic carbocycles.